The first kappa shape index (κ1) is 31.4. The zero-order valence-corrected chi connectivity index (χ0v) is 25.8. The lowest BCUT2D eigenvalue weighted by Crippen LogP contribution is -2.54. The highest BCUT2D eigenvalue weighted by Gasteiger charge is 2.34. The molecule has 1 N–H and O–H groups in total. The largest absolute Gasteiger partial charge is 0.497 e. The van der Waals surface area contributed by atoms with Gasteiger partial charge in [0.15, 0.2) is 0 Å². The number of sulfonamides is 1. The van der Waals surface area contributed by atoms with Gasteiger partial charge in [0.1, 0.15) is 18.3 Å². The molecule has 0 aliphatic heterocycles. The third-order valence-corrected chi connectivity index (χ3v) is 9.18. The van der Waals surface area contributed by atoms with Crippen molar-refractivity contribution in [3.05, 3.63) is 94.5 Å². The Morgan fingerprint density at radius 1 is 1.00 bits per heavy atom. The van der Waals surface area contributed by atoms with Crippen LogP contribution in [0.5, 0.6) is 5.75 Å². The van der Waals surface area contributed by atoms with Gasteiger partial charge in [0.25, 0.3) is 0 Å². The minimum Gasteiger partial charge on any atom is -0.497 e. The summed E-state index contributed by atoms with van der Waals surface area (Å²) in [5.41, 5.74) is 2.49. The van der Waals surface area contributed by atoms with Gasteiger partial charge in [-0.2, -0.15) is 0 Å². The van der Waals surface area contributed by atoms with Gasteiger partial charge >= 0.3 is 0 Å². The Labute approximate surface area is 253 Å². The zero-order chi connectivity index (χ0) is 30.3. The van der Waals surface area contributed by atoms with E-state index in [1.54, 1.807) is 38.3 Å². The van der Waals surface area contributed by atoms with Crippen molar-refractivity contribution >= 4 is 39.1 Å². The number of methoxy groups -OCH3 is 1. The van der Waals surface area contributed by atoms with E-state index >= 15 is 0 Å². The van der Waals surface area contributed by atoms with E-state index in [9.17, 15) is 18.0 Å². The number of rotatable bonds is 12. The second-order valence-electron chi connectivity index (χ2n) is 10.7. The van der Waals surface area contributed by atoms with E-state index in [1.807, 2.05) is 48.5 Å². The van der Waals surface area contributed by atoms with Crippen LogP contribution in [0.3, 0.4) is 0 Å². The molecule has 1 aliphatic carbocycles. The number of ether oxygens (including phenoxy) is 1. The Balaban J connectivity index is 1.75. The van der Waals surface area contributed by atoms with Crippen LogP contribution < -0.4 is 14.4 Å². The average Bonchev–Trinajstić information content (AvgIpc) is 3.48. The number of nitrogens with one attached hydrogen (secondary N) is 1. The lowest BCUT2D eigenvalue weighted by atomic mass is 10.0. The van der Waals surface area contributed by atoms with Crippen molar-refractivity contribution in [2.45, 2.75) is 57.7 Å². The van der Waals surface area contributed by atoms with Crippen LogP contribution >= 0.6 is 11.6 Å². The summed E-state index contributed by atoms with van der Waals surface area (Å²) in [6.45, 7) is 1.30. The highest BCUT2D eigenvalue weighted by Crippen LogP contribution is 2.29. The molecule has 3 aromatic rings. The standard InChI is InChI=1S/C32H38ClN3O5S/c1-23-28(33)17-10-18-29(23)36(42(3,39)40)22-31(37)35(21-25-13-9-16-27(19-25)41-2)30(20-24-11-5-4-6-12-24)32(38)34-26-14-7-8-15-26/h4-6,9-13,16-19,26,30H,7-8,14-15,20-22H2,1-3H3,(H,34,38). The van der Waals surface area contributed by atoms with Gasteiger partial charge in [0.2, 0.25) is 21.8 Å². The van der Waals surface area contributed by atoms with E-state index in [-0.39, 0.29) is 24.9 Å². The quantitative estimate of drug-likeness (QED) is 0.307. The molecular weight excluding hydrogens is 574 g/mol. The maximum absolute atomic E-state index is 14.3. The highest BCUT2D eigenvalue weighted by atomic mass is 35.5. The predicted molar refractivity (Wildman–Crippen MR) is 166 cm³/mol. The van der Waals surface area contributed by atoms with E-state index in [1.165, 1.54) is 4.90 Å². The fourth-order valence-corrected chi connectivity index (χ4v) is 6.42. The van der Waals surface area contributed by atoms with Crippen molar-refractivity contribution in [2.75, 3.05) is 24.2 Å². The molecule has 1 fully saturated rings. The molecule has 1 atom stereocenters. The normalized spacial score (nSPS) is 14.3. The summed E-state index contributed by atoms with van der Waals surface area (Å²) in [4.78, 5) is 29.7. The van der Waals surface area contributed by atoms with E-state index in [2.05, 4.69) is 5.32 Å². The number of halogens is 1. The van der Waals surface area contributed by atoms with Gasteiger partial charge < -0.3 is 15.0 Å². The molecule has 1 saturated carbocycles. The van der Waals surface area contributed by atoms with Gasteiger partial charge in [-0.15, -0.1) is 0 Å². The molecule has 1 unspecified atom stereocenters. The Morgan fingerprint density at radius 3 is 2.33 bits per heavy atom. The maximum atomic E-state index is 14.3. The molecule has 1 aliphatic rings. The predicted octanol–water partition coefficient (Wildman–Crippen LogP) is 5.12. The fourth-order valence-electron chi connectivity index (χ4n) is 5.35. The molecule has 0 spiro atoms. The summed E-state index contributed by atoms with van der Waals surface area (Å²) in [5.74, 6) is -0.154. The van der Waals surface area contributed by atoms with Crippen molar-refractivity contribution in [2.24, 2.45) is 0 Å². The monoisotopic (exact) mass is 611 g/mol. The maximum Gasteiger partial charge on any atom is 0.244 e. The van der Waals surface area contributed by atoms with Gasteiger partial charge in [-0.25, -0.2) is 8.42 Å². The second kappa shape index (κ2) is 14.1. The lowest BCUT2D eigenvalue weighted by Gasteiger charge is -2.34. The summed E-state index contributed by atoms with van der Waals surface area (Å²) in [7, 11) is -2.32. The molecule has 0 heterocycles. The number of carbonyl (C=O) groups is 2. The first-order valence-corrected chi connectivity index (χ1v) is 16.3. The van der Waals surface area contributed by atoms with Gasteiger partial charge in [0.05, 0.1) is 19.1 Å². The van der Waals surface area contributed by atoms with Crippen LogP contribution in [-0.2, 0) is 32.6 Å². The average molecular weight is 612 g/mol. The number of carbonyl (C=O) groups excluding carboxylic acids is 2. The summed E-state index contributed by atoms with van der Waals surface area (Å²) in [6.07, 6.45) is 5.20. The summed E-state index contributed by atoms with van der Waals surface area (Å²) >= 11 is 6.32. The van der Waals surface area contributed by atoms with E-state index in [0.29, 0.717) is 22.0 Å². The molecular formula is C32H38ClN3O5S. The van der Waals surface area contributed by atoms with Gasteiger partial charge in [-0.3, -0.25) is 13.9 Å². The molecule has 8 nitrogen and oxygen atoms in total. The minimum absolute atomic E-state index is 0.0474. The van der Waals surface area contributed by atoms with Crippen molar-refractivity contribution in [1.82, 2.24) is 10.2 Å². The third kappa shape index (κ3) is 8.04. The van der Waals surface area contributed by atoms with Crippen molar-refractivity contribution in [3.63, 3.8) is 0 Å². The zero-order valence-electron chi connectivity index (χ0n) is 24.3. The summed E-state index contributed by atoms with van der Waals surface area (Å²) in [6, 6.07) is 20.9. The summed E-state index contributed by atoms with van der Waals surface area (Å²) in [5, 5.41) is 3.56. The van der Waals surface area contributed by atoms with Gasteiger partial charge in [-0.05, 0) is 60.7 Å². The number of hydrogen-bond donors (Lipinski definition) is 1. The Kier molecular flexibility index (Phi) is 10.5. The topological polar surface area (TPSA) is 96.0 Å². The molecule has 0 aromatic heterocycles. The van der Waals surface area contributed by atoms with E-state index in [0.717, 1.165) is 47.4 Å². The summed E-state index contributed by atoms with van der Waals surface area (Å²) < 4.78 is 32.5. The molecule has 10 heteroatoms. The van der Waals surface area contributed by atoms with Gasteiger partial charge in [-0.1, -0.05) is 73.0 Å². The van der Waals surface area contributed by atoms with Crippen molar-refractivity contribution in [3.8, 4) is 5.75 Å². The minimum atomic E-state index is -3.89. The molecule has 3 aromatic carbocycles. The van der Waals surface area contributed by atoms with Crippen LogP contribution in [0.15, 0.2) is 72.8 Å². The lowest BCUT2D eigenvalue weighted by molar-refractivity contribution is -0.140. The van der Waals surface area contributed by atoms with Crippen LogP contribution in [0.2, 0.25) is 5.02 Å². The molecule has 0 radical (unpaired) electrons. The molecule has 224 valence electrons. The number of amides is 2. The molecule has 4 rings (SSSR count). The third-order valence-electron chi connectivity index (χ3n) is 7.65. The van der Waals surface area contributed by atoms with Crippen LogP contribution in [0, 0.1) is 6.92 Å². The van der Waals surface area contributed by atoms with E-state index < -0.39 is 28.5 Å². The second-order valence-corrected chi connectivity index (χ2v) is 13.0. The van der Waals surface area contributed by atoms with Gasteiger partial charge in [0, 0.05) is 24.0 Å². The highest BCUT2D eigenvalue weighted by molar-refractivity contribution is 7.92. The van der Waals surface area contributed by atoms with Crippen molar-refractivity contribution < 1.29 is 22.7 Å². The Morgan fingerprint density at radius 2 is 1.67 bits per heavy atom. The fraction of sp³-hybridized carbons (Fsp3) is 0.375. The molecule has 0 saturated heterocycles. The number of anilines is 1. The van der Waals surface area contributed by atoms with Crippen LogP contribution in [0.4, 0.5) is 5.69 Å². The number of benzene rings is 3. The number of nitrogens with zero attached hydrogens (tertiary/aromatic N) is 2. The van der Waals surface area contributed by atoms with Crippen molar-refractivity contribution in [1.29, 1.82) is 0 Å². The van der Waals surface area contributed by atoms with Crippen LogP contribution in [0.1, 0.15) is 42.4 Å². The SMILES string of the molecule is COc1cccc(CN(C(=O)CN(c2cccc(Cl)c2C)S(C)(=O)=O)C(Cc2ccccc2)C(=O)NC2CCCC2)c1. The Hall–Kier alpha value is -3.56. The first-order chi connectivity index (χ1) is 20.1. The smallest absolute Gasteiger partial charge is 0.244 e. The van der Waals surface area contributed by atoms with Crippen LogP contribution in [0.25, 0.3) is 0 Å². The molecule has 42 heavy (non-hydrogen) atoms. The Bertz CT molecular complexity index is 1490. The van der Waals surface area contributed by atoms with Crippen LogP contribution in [-0.4, -0.2) is 57.1 Å². The molecule has 2 amide bonds. The number of hydrogen-bond acceptors (Lipinski definition) is 5. The first-order valence-electron chi connectivity index (χ1n) is 14.1. The van der Waals surface area contributed by atoms with E-state index in [4.69, 9.17) is 16.3 Å². The molecule has 0 bridgehead atoms.